The van der Waals surface area contributed by atoms with Crippen LogP contribution in [-0.4, -0.2) is 27.9 Å². The van der Waals surface area contributed by atoms with Crippen molar-refractivity contribution >= 4 is 17.7 Å². The van der Waals surface area contributed by atoms with Crippen LogP contribution < -0.4 is 0 Å². The third-order valence-corrected chi connectivity index (χ3v) is 3.46. The standard InChI is InChI=1S/C13H10O.C8H6O4/c14-13(11-7-3-1-4-8-11)12-9-5-2-6-10-12;9-7(10)5-3-1-2-4-6(5)8(11)12/h1-10H;1-4H,(H,9,10)(H,11,12). The zero-order valence-corrected chi connectivity index (χ0v) is 13.7. The average molecular weight is 348 g/mol. The average Bonchev–Trinajstić information content (AvgIpc) is 2.69. The van der Waals surface area contributed by atoms with E-state index < -0.39 is 11.9 Å². The van der Waals surface area contributed by atoms with Gasteiger partial charge >= 0.3 is 11.9 Å². The van der Waals surface area contributed by atoms with Crippen LogP contribution in [0.2, 0.25) is 0 Å². The molecular formula is C21H16O5. The Kier molecular flexibility index (Phi) is 6.40. The van der Waals surface area contributed by atoms with E-state index in [1.165, 1.54) is 24.3 Å². The molecule has 3 rings (SSSR count). The van der Waals surface area contributed by atoms with E-state index in [2.05, 4.69) is 0 Å². The fraction of sp³-hybridized carbons (Fsp3) is 0. The molecule has 2 N–H and O–H groups in total. The first kappa shape index (κ1) is 18.6. The molecule has 0 atom stereocenters. The Hall–Kier alpha value is -3.73. The molecule has 0 fully saturated rings. The van der Waals surface area contributed by atoms with Gasteiger partial charge in [0.25, 0.3) is 0 Å². The molecule has 26 heavy (non-hydrogen) atoms. The molecule has 0 bridgehead atoms. The Labute approximate surface area is 150 Å². The van der Waals surface area contributed by atoms with Gasteiger partial charge in [0.05, 0.1) is 11.1 Å². The lowest BCUT2D eigenvalue weighted by molar-refractivity contribution is 0.0651. The Morgan fingerprint density at radius 2 is 0.808 bits per heavy atom. The number of carbonyl (C=O) groups excluding carboxylic acids is 1. The molecule has 3 aromatic rings. The van der Waals surface area contributed by atoms with Gasteiger partial charge in [0.2, 0.25) is 0 Å². The van der Waals surface area contributed by atoms with Crippen LogP contribution in [0.3, 0.4) is 0 Å². The first-order chi connectivity index (χ1) is 12.5. The van der Waals surface area contributed by atoms with E-state index >= 15 is 0 Å². The molecule has 0 unspecified atom stereocenters. The SMILES string of the molecule is O=C(O)c1ccccc1C(=O)O.O=C(c1ccccc1)c1ccccc1. The molecule has 0 amide bonds. The molecule has 0 aliphatic rings. The van der Waals surface area contributed by atoms with Crippen molar-refractivity contribution in [1.82, 2.24) is 0 Å². The summed E-state index contributed by atoms with van der Waals surface area (Å²) in [4.78, 5) is 32.8. The van der Waals surface area contributed by atoms with Crippen molar-refractivity contribution in [2.24, 2.45) is 0 Å². The summed E-state index contributed by atoms with van der Waals surface area (Å²) in [5.41, 5.74) is 1.09. The van der Waals surface area contributed by atoms with Gasteiger partial charge in [-0.1, -0.05) is 72.8 Å². The molecule has 0 saturated carbocycles. The molecule has 0 saturated heterocycles. The van der Waals surface area contributed by atoms with Crippen molar-refractivity contribution in [3.05, 3.63) is 107 Å². The molecule has 0 radical (unpaired) electrons. The number of carbonyl (C=O) groups is 3. The van der Waals surface area contributed by atoms with Crippen molar-refractivity contribution in [2.45, 2.75) is 0 Å². The van der Waals surface area contributed by atoms with Crippen molar-refractivity contribution in [1.29, 1.82) is 0 Å². The molecule has 0 aliphatic carbocycles. The van der Waals surface area contributed by atoms with Gasteiger partial charge in [0.1, 0.15) is 0 Å². The van der Waals surface area contributed by atoms with E-state index in [-0.39, 0.29) is 16.9 Å². The van der Waals surface area contributed by atoms with Crippen LogP contribution in [-0.2, 0) is 0 Å². The predicted molar refractivity (Wildman–Crippen MR) is 96.7 cm³/mol. The van der Waals surface area contributed by atoms with Gasteiger partial charge < -0.3 is 10.2 Å². The molecule has 130 valence electrons. The van der Waals surface area contributed by atoms with Crippen molar-refractivity contribution < 1.29 is 24.6 Å². The third kappa shape index (κ3) is 4.88. The summed E-state index contributed by atoms with van der Waals surface area (Å²) in [6, 6.07) is 24.1. The summed E-state index contributed by atoms with van der Waals surface area (Å²) in [6.07, 6.45) is 0. The zero-order valence-electron chi connectivity index (χ0n) is 13.7. The lowest BCUT2D eigenvalue weighted by atomic mass is 10.0. The Morgan fingerprint density at radius 3 is 1.12 bits per heavy atom. The monoisotopic (exact) mass is 348 g/mol. The van der Waals surface area contributed by atoms with Crippen LogP contribution in [0, 0.1) is 0 Å². The normalized spacial score (nSPS) is 9.54. The van der Waals surface area contributed by atoms with Gasteiger partial charge in [-0.25, -0.2) is 9.59 Å². The molecule has 5 nitrogen and oxygen atoms in total. The topological polar surface area (TPSA) is 91.7 Å². The van der Waals surface area contributed by atoms with Crippen LogP contribution in [0.1, 0.15) is 36.6 Å². The lowest BCUT2D eigenvalue weighted by Gasteiger charge is -1.99. The van der Waals surface area contributed by atoms with Gasteiger partial charge in [0, 0.05) is 11.1 Å². The van der Waals surface area contributed by atoms with Crippen LogP contribution in [0.5, 0.6) is 0 Å². The van der Waals surface area contributed by atoms with Gasteiger partial charge in [0.15, 0.2) is 5.78 Å². The van der Waals surface area contributed by atoms with Crippen molar-refractivity contribution in [3.8, 4) is 0 Å². The summed E-state index contributed by atoms with van der Waals surface area (Å²) >= 11 is 0. The maximum atomic E-state index is 11.8. The Morgan fingerprint density at radius 1 is 0.500 bits per heavy atom. The summed E-state index contributed by atoms with van der Waals surface area (Å²) in [6.45, 7) is 0. The molecular weight excluding hydrogens is 332 g/mol. The Balaban J connectivity index is 0.000000190. The van der Waals surface area contributed by atoms with Crippen LogP contribution in [0.4, 0.5) is 0 Å². The molecule has 0 aromatic heterocycles. The largest absolute Gasteiger partial charge is 0.478 e. The maximum absolute atomic E-state index is 11.8. The minimum atomic E-state index is -1.23. The minimum absolute atomic E-state index is 0.0752. The number of rotatable bonds is 4. The Bertz CT molecular complexity index is 827. The van der Waals surface area contributed by atoms with Crippen LogP contribution in [0.25, 0.3) is 0 Å². The number of aromatic carboxylic acids is 2. The summed E-state index contributed by atoms with van der Waals surface area (Å²) in [5, 5.41) is 17.1. The first-order valence-corrected chi connectivity index (χ1v) is 7.71. The quantitative estimate of drug-likeness (QED) is 0.695. The fourth-order valence-electron chi connectivity index (χ4n) is 2.20. The van der Waals surface area contributed by atoms with E-state index in [1.807, 2.05) is 60.7 Å². The van der Waals surface area contributed by atoms with E-state index in [0.717, 1.165) is 11.1 Å². The maximum Gasteiger partial charge on any atom is 0.336 e. The molecule has 0 heterocycles. The zero-order chi connectivity index (χ0) is 18.9. The highest BCUT2D eigenvalue weighted by molar-refractivity contribution is 6.08. The highest BCUT2D eigenvalue weighted by atomic mass is 16.4. The smallest absolute Gasteiger partial charge is 0.336 e. The third-order valence-electron chi connectivity index (χ3n) is 3.46. The van der Waals surface area contributed by atoms with Crippen LogP contribution in [0.15, 0.2) is 84.9 Å². The second-order valence-electron chi connectivity index (χ2n) is 5.22. The van der Waals surface area contributed by atoms with E-state index in [0.29, 0.717) is 0 Å². The van der Waals surface area contributed by atoms with Gasteiger partial charge in [-0.05, 0) is 12.1 Å². The number of ketones is 1. The highest BCUT2D eigenvalue weighted by Crippen LogP contribution is 2.09. The van der Waals surface area contributed by atoms with Crippen molar-refractivity contribution in [2.75, 3.05) is 0 Å². The molecule has 0 aliphatic heterocycles. The summed E-state index contributed by atoms with van der Waals surface area (Å²) in [5.74, 6) is -2.38. The van der Waals surface area contributed by atoms with E-state index in [1.54, 1.807) is 0 Å². The van der Waals surface area contributed by atoms with E-state index in [9.17, 15) is 14.4 Å². The second-order valence-corrected chi connectivity index (χ2v) is 5.22. The molecule has 3 aromatic carbocycles. The summed E-state index contributed by atoms with van der Waals surface area (Å²) in [7, 11) is 0. The second kappa shape index (κ2) is 8.94. The van der Waals surface area contributed by atoms with Crippen molar-refractivity contribution in [3.63, 3.8) is 0 Å². The number of carboxylic acid groups (broad SMARTS) is 2. The van der Waals surface area contributed by atoms with E-state index in [4.69, 9.17) is 10.2 Å². The molecule has 5 heteroatoms. The number of benzene rings is 3. The predicted octanol–water partition coefficient (Wildman–Crippen LogP) is 4.00. The molecule has 0 spiro atoms. The lowest BCUT2D eigenvalue weighted by Crippen LogP contribution is -2.06. The number of hydrogen-bond acceptors (Lipinski definition) is 3. The van der Waals surface area contributed by atoms with Crippen LogP contribution >= 0.6 is 0 Å². The minimum Gasteiger partial charge on any atom is -0.478 e. The number of hydrogen-bond donors (Lipinski definition) is 2. The number of carboxylic acids is 2. The van der Waals surface area contributed by atoms with Gasteiger partial charge in [-0.3, -0.25) is 4.79 Å². The first-order valence-electron chi connectivity index (χ1n) is 7.71. The van der Waals surface area contributed by atoms with Gasteiger partial charge in [-0.15, -0.1) is 0 Å². The highest BCUT2D eigenvalue weighted by Gasteiger charge is 2.13. The fourth-order valence-corrected chi connectivity index (χ4v) is 2.20. The van der Waals surface area contributed by atoms with Gasteiger partial charge in [-0.2, -0.15) is 0 Å². The summed E-state index contributed by atoms with van der Waals surface area (Å²) < 4.78 is 0.